The number of thiazole rings is 1. The second-order valence-corrected chi connectivity index (χ2v) is 5.41. The summed E-state index contributed by atoms with van der Waals surface area (Å²) in [6.07, 6.45) is 1.50. The quantitative estimate of drug-likeness (QED) is 0.557. The summed E-state index contributed by atoms with van der Waals surface area (Å²) in [4.78, 5) is 4.44. The van der Waals surface area contributed by atoms with Crippen LogP contribution in [-0.2, 0) is 26.8 Å². The molecule has 0 aliphatic rings. The number of ether oxygens (including phenoxy) is 1. The van der Waals surface area contributed by atoms with Gasteiger partial charge in [0.05, 0.1) is 10.2 Å². The number of nitrogens with zero attached hydrogens (tertiary/aromatic N) is 1. The minimum absolute atomic E-state index is 0. The van der Waals surface area contributed by atoms with Gasteiger partial charge in [0.2, 0.25) is 0 Å². The standard InChI is InChI=1S/C16H14NO2S.Re/c18-11-3-4-12-7-9-13(10-8-12)19-16-17-14-5-1-2-6-15(14)20-16;/h1-2,5-11,18H,3-4H2;/q-1;. The number of rotatable bonds is 5. The van der Waals surface area contributed by atoms with Crippen LogP contribution in [0.15, 0.2) is 48.5 Å². The van der Waals surface area contributed by atoms with Crippen LogP contribution in [0.25, 0.3) is 10.2 Å². The van der Waals surface area contributed by atoms with Gasteiger partial charge in [-0.25, -0.2) is 11.6 Å². The molecule has 109 valence electrons. The number of aryl methyl sites for hydroxylation is 1. The Kier molecular flexibility index (Phi) is 5.89. The smallest absolute Gasteiger partial charge is 0.279 e. The van der Waals surface area contributed by atoms with E-state index in [-0.39, 0.29) is 20.4 Å². The molecule has 3 rings (SSSR count). The van der Waals surface area contributed by atoms with Crippen LogP contribution in [0.3, 0.4) is 0 Å². The van der Waals surface area contributed by atoms with E-state index in [2.05, 4.69) is 4.98 Å². The minimum atomic E-state index is 0. The summed E-state index contributed by atoms with van der Waals surface area (Å²) >= 11 is 1.54. The Morgan fingerprint density at radius 1 is 1.10 bits per heavy atom. The Hall–Kier alpha value is -1.25. The van der Waals surface area contributed by atoms with Crippen LogP contribution in [0.2, 0.25) is 0 Å². The molecular weight excluding hydrogens is 456 g/mol. The molecule has 0 aliphatic heterocycles. The number of aromatic nitrogens is 1. The Morgan fingerprint density at radius 2 is 1.86 bits per heavy atom. The van der Waals surface area contributed by atoms with Gasteiger partial charge in [-0.1, -0.05) is 47.6 Å². The van der Waals surface area contributed by atoms with Gasteiger partial charge in [0.25, 0.3) is 5.19 Å². The average molecular weight is 471 g/mol. The number of aliphatic hydroxyl groups excluding tert-OH is 1. The van der Waals surface area contributed by atoms with Crippen LogP contribution in [0.5, 0.6) is 10.9 Å². The maximum absolute atomic E-state index is 8.69. The van der Waals surface area contributed by atoms with Gasteiger partial charge in [-0.15, -0.1) is 0 Å². The molecule has 1 aromatic heterocycles. The number of aliphatic hydroxyl groups is 1. The third-order valence-corrected chi connectivity index (χ3v) is 3.88. The molecule has 1 heterocycles. The first-order chi connectivity index (χ1) is 9.85. The molecule has 0 bridgehead atoms. The van der Waals surface area contributed by atoms with E-state index in [0.717, 1.165) is 22.4 Å². The van der Waals surface area contributed by atoms with E-state index in [4.69, 9.17) is 9.84 Å². The van der Waals surface area contributed by atoms with Crippen LogP contribution in [-0.4, -0.2) is 10.1 Å². The van der Waals surface area contributed by atoms with Crippen molar-refractivity contribution < 1.29 is 30.3 Å². The van der Waals surface area contributed by atoms with E-state index in [0.29, 0.717) is 11.6 Å². The second kappa shape index (κ2) is 7.67. The zero-order valence-electron chi connectivity index (χ0n) is 11.2. The first kappa shape index (κ1) is 16.1. The Labute approximate surface area is 141 Å². The van der Waals surface area contributed by atoms with Crippen molar-refractivity contribution in [3.63, 3.8) is 0 Å². The number of fused-ring (bicyclic) bond motifs is 1. The molecule has 0 amide bonds. The molecule has 0 aliphatic carbocycles. The molecule has 0 saturated heterocycles. The number of benzene rings is 2. The minimum Gasteiger partial charge on any atom is -0.566 e. The van der Waals surface area contributed by atoms with Crippen LogP contribution >= 0.6 is 11.3 Å². The first-order valence-corrected chi connectivity index (χ1v) is 7.25. The molecular formula is C16H14NO2ReS-. The van der Waals surface area contributed by atoms with Crippen molar-refractivity contribution in [1.82, 2.24) is 4.98 Å². The number of hydrogen-bond donors (Lipinski definition) is 1. The molecule has 2 aromatic carbocycles. The summed E-state index contributed by atoms with van der Waals surface area (Å²) in [6, 6.07) is 15.9. The van der Waals surface area contributed by atoms with E-state index >= 15 is 0 Å². The molecule has 21 heavy (non-hydrogen) atoms. The van der Waals surface area contributed by atoms with Gasteiger partial charge in [-0.05, 0) is 24.3 Å². The van der Waals surface area contributed by atoms with Crippen molar-refractivity contribution in [2.24, 2.45) is 0 Å². The Morgan fingerprint density at radius 3 is 2.57 bits per heavy atom. The number of hydrogen-bond acceptors (Lipinski definition) is 4. The Balaban J connectivity index is 0.00000161. The van der Waals surface area contributed by atoms with Crippen molar-refractivity contribution in [2.45, 2.75) is 12.8 Å². The zero-order chi connectivity index (χ0) is 13.8. The fourth-order valence-electron chi connectivity index (χ4n) is 1.95. The molecule has 0 spiro atoms. The van der Waals surface area contributed by atoms with Gasteiger partial charge >= 0.3 is 0 Å². The SMILES string of the molecule is O[CH-]CCc1ccc(Oc2nc3ccccc3s2)cc1.[Re]. The molecule has 0 saturated carbocycles. The monoisotopic (exact) mass is 471 g/mol. The molecule has 0 fully saturated rings. The molecule has 5 heteroatoms. The largest absolute Gasteiger partial charge is 0.566 e. The van der Waals surface area contributed by atoms with Gasteiger partial charge in [0.15, 0.2) is 0 Å². The summed E-state index contributed by atoms with van der Waals surface area (Å²) in [5, 5.41) is 9.34. The van der Waals surface area contributed by atoms with E-state index in [1.807, 2.05) is 48.5 Å². The van der Waals surface area contributed by atoms with Gasteiger partial charge in [-0.2, -0.15) is 6.42 Å². The maximum atomic E-state index is 8.69. The summed E-state index contributed by atoms with van der Waals surface area (Å²) < 4.78 is 6.90. The Bertz CT molecular complexity index is 664. The molecule has 3 aromatic rings. The van der Waals surface area contributed by atoms with Crippen molar-refractivity contribution in [3.8, 4) is 10.9 Å². The maximum Gasteiger partial charge on any atom is 0.279 e. The third-order valence-electron chi connectivity index (χ3n) is 2.96. The predicted molar refractivity (Wildman–Crippen MR) is 80.7 cm³/mol. The van der Waals surface area contributed by atoms with E-state index < -0.39 is 0 Å². The first-order valence-electron chi connectivity index (χ1n) is 6.43. The molecule has 1 radical (unpaired) electrons. The summed E-state index contributed by atoms with van der Waals surface area (Å²) in [6.45, 7) is 1.19. The van der Waals surface area contributed by atoms with Crippen molar-refractivity contribution in [3.05, 3.63) is 60.7 Å². The van der Waals surface area contributed by atoms with Gasteiger partial charge in [0, 0.05) is 20.4 Å². The van der Waals surface area contributed by atoms with Crippen molar-refractivity contribution in [1.29, 1.82) is 0 Å². The van der Waals surface area contributed by atoms with Crippen molar-refractivity contribution >= 4 is 21.6 Å². The van der Waals surface area contributed by atoms with Gasteiger partial charge in [0.1, 0.15) is 5.75 Å². The van der Waals surface area contributed by atoms with Crippen molar-refractivity contribution in [2.75, 3.05) is 0 Å². The number of para-hydroxylation sites is 1. The van der Waals surface area contributed by atoms with Gasteiger partial charge in [-0.3, -0.25) is 0 Å². The summed E-state index contributed by atoms with van der Waals surface area (Å²) in [5.41, 5.74) is 2.13. The molecule has 0 unspecified atom stereocenters. The fraction of sp³-hybridized carbons (Fsp3) is 0.125. The third kappa shape index (κ3) is 4.12. The molecule has 3 nitrogen and oxygen atoms in total. The van der Waals surface area contributed by atoms with Crippen LogP contribution in [0, 0.1) is 6.61 Å². The summed E-state index contributed by atoms with van der Waals surface area (Å²) in [7, 11) is 0. The van der Waals surface area contributed by atoms with Crippen LogP contribution in [0.1, 0.15) is 12.0 Å². The predicted octanol–water partition coefficient (Wildman–Crippen LogP) is 4.55. The summed E-state index contributed by atoms with van der Waals surface area (Å²) in [5.74, 6) is 0.779. The van der Waals surface area contributed by atoms with Gasteiger partial charge < -0.3 is 9.84 Å². The molecule has 1 N–H and O–H groups in total. The topological polar surface area (TPSA) is 42.4 Å². The zero-order valence-corrected chi connectivity index (χ0v) is 14.7. The average Bonchev–Trinajstić information content (AvgIpc) is 2.89. The fourth-order valence-corrected chi connectivity index (χ4v) is 2.79. The van der Waals surface area contributed by atoms with E-state index in [1.54, 1.807) is 0 Å². The van der Waals surface area contributed by atoms with E-state index in [9.17, 15) is 0 Å². The normalized spacial score (nSPS) is 10.3. The second-order valence-electron chi connectivity index (χ2n) is 4.41. The molecule has 0 atom stereocenters. The van der Waals surface area contributed by atoms with E-state index in [1.165, 1.54) is 23.5 Å². The van der Waals surface area contributed by atoms with Crippen LogP contribution in [0.4, 0.5) is 0 Å². The van der Waals surface area contributed by atoms with Crippen LogP contribution < -0.4 is 4.74 Å².